The summed E-state index contributed by atoms with van der Waals surface area (Å²) in [6, 6.07) is 5.40. The molecule has 0 spiro atoms. The Hall–Kier alpha value is -4.48. The molecule has 0 bridgehead atoms. The fraction of sp³-hybridized carbons (Fsp3) is 0.0714. The van der Waals surface area contributed by atoms with Gasteiger partial charge in [-0.05, 0) is 22.9 Å². The molecule has 5 aromatic rings. The summed E-state index contributed by atoms with van der Waals surface area (Å²) in [5, 5.41) is -3.20. The Kier molecular flexibility index (Phi) is 6.51. The molecule has 0 saturated carbocycles. The molecule has 0 saturated heterocycles. The molecule has 0 radical (unpaired) electrons. The Morgan fingerprint density at radius 1 is 0.400 bits per heavy atom. The van der Waals surface area contributed by atoms with Gasteiger partial charge in [0.2, 0.25) is 23.3 Å². The highest BCUT2D eigenvalue weighted by Crippen LogP contribution is 2.49. The molecule has 5 rings (SSSR count). The van der Waals surface area contributed by atoms with Crippen molar-refractivity contribution < 1.29 is 53.4 Å². The van der Waals surface area contributed by atoms with Gasteiger partial charge in [0.15, 0.2) is 34.8 Å². The summed E-state index contributed by atoms with van der Waals surface area (Å²) >= 11 is 0. The van der Waals surface area contributed by atoms with Gasteiger partial charge in [0.1, 0.15) is 11.6 Å². The molecule has 0 aliphatic heterocycles. The van der Waals surface area contributed by atoms with Crippen LogP contribution in [0.5, 0.6) is 11.5 Å². The van der Waals surface area contributed by atoms with Gasteiger partial charge < -0.3 is 9.47 Å². The van der Waals surface area contributed by atoms with Crippen molar-refractivity contribution in [3.63, 3.8) is 0 Å². The average molecular weight is 570 g/mol. The van der Waals surface area contributed by atoms with Crippen molar-refractivity contribution in [2.75, 3.05) is 14.2 Å². The van der Waals surface area contributed by atoms with Crippen LogP contribution >= 0.6 is 0 Å². The summed E-state index contributed by atoms with van der Waals surface area (Å²) in [7, 11) is 1.45. The lowest BCUT2D eigenvalue weighted by Crippen LogP contribution is -2.07. The average Bonchev–Trinajstić information content (AvgIpc) is 2.94. The van der Waals surface area contributed by atoms with E-state index in [1.807, 2.05) is 0 Å². The quantitative estimate of drug-likeness (QED) is 0.122. The van der Waals surface area contributed by atoms with Gasteiger partial charge in [-0.2, -0.15) is 17.6 Å². The van der Waals surface area contributed by atoms with Crippen LogP contribution in [-0.4, -0.2) is 14.2 Å². The van der Waals surface area contributed by atoms with Gasteiger partial charge in [0.25, 0.3) is 0 Å². The van der Waals surface area contributed by atoms with Crippen LogP contribution in [-0.2, 0) is 0 Å². The van der Waals surface area contributed by atoms with Gasteiger partial charge in [0, 0.05) is 21.9 Å². The van der Waals surface area contributed by atoms with E-state index >= 15 is 26.3 Å². The smallest absolute Gasteiger partial charge is 0.204 e. The summed E-state index contributed by atoms with van der Waals surface area (Å²) in [5.74, 6) is -22.1. The van der Waals surface area contributed by atoms with Crippen molar-refractivity contribution >= 4 is 21.5 Å². The summed E-state index contributed by atoms with van der Waals surface area (Å²) in [6.45, 7) is 0. The third-order valence-electron chi connectivity index (χ3n) is 6.42. The minimum atomic E-state index is -2.06. The number of ether oxygens (including phenoxy) is 2. The highest BCUT2D eigenvalue weighted by molar-refractivity contribution is 6.22. The molecule has 0 N–H and O–H groups in total. The molecule has 5 aromatic carbocycles. The number of methoxy groups -OCH3 is 2. The van der Waals surface area contributed by atoms with E-state index < -0.39 is 113 Å². The van der Waals surface area contributed by atoms with E-state index in [4.69, 9.17) is 0 Å². The van der Waals surface area contributed by atoms with Crippen molar-refractivity contribution in [1.82, 2.24) is 0 Å². The van der Waals surface area contributed by atoms with Gasteiger partial charge in [0.05, 0.1) is 25.3 Å². The van der Waals surface area contributed by atoms with E-state index in [1.165, 1.54) is 12.1 Å². The van der Waals surface area contributed by atoms with Crippen molar-refractivity contribution in [3.8, 4) is 33.8 Å². The molecule has 0 atom stereocenters. The van der Waals surface area contributed by atoms with Crippen LogP contribution in [0.2, 0.25) is 0 Å². The second-order valence-corrected chi connectivity index (χ2v) is 8.40. The number of halogens is 10. The third-order valence-corrected chi connectivity index (χ3v) is 6.42. The molecule has 0 heterocycles. The number of benzene rings is 5. The largest absolute Gasteiger partial charge is 0.491 e. The van der Waals surface area contributed by atoms with Gasteiger partial charge in [-0.15, -0.1) is 0 Å². The number of hydrogen-bond donors (Lipinski definition) is 0. The van der Waals surface area contributed by atoms with E-state index in [0.717, 1.165) is 26.4 Å². The number of hydrogen-bond acceptors (Lipinski definition) is 2. The Bertz CT molecular complexity index is 1690. The second kappa shape index (κ2) is 9.61. The molecule has 0 aromatic heterocycles. The van der Waals surface area contributed by atoms with Crippen LogP contribution in [0.3, 0.4) is 0 Å². The van der Waals surface area contributed by atoms with Crippen LogP contribution in [0.25, 0.3) is 43.8 Å². The fourth-order valence-electron chi connectivity index (χ4n) is 4.77. The minimum absolute atomic E-state index is 0.480. The first-order chi connectivity index (χ1) is 19.0. The van der Waals surface area contributed by atoms with E-state index in [0.29, 0.717) is 12.1 Å². The molecular formula is C28H12F10O2. The molecule has 0 amide bonds. The predicted molar refractivity (Wildman–Crippen MR) is 125 cm³/mol. The molecule has 12 heteroatoms. The Labute approximate surface area is 218 Å². The lowest BCUT2D eigenvalue weighted by atomic mass is 9.84. The van der Waals surface area contributed by atoms with E-state index in [2.05, 4.69) is 9.47 Å². The normalized spacial score (nSPS) is 11.5. The lowest BCUT2D eigenvalue weighted by molar-refractivity contribution is 0.334. The number of rotatable bonds is 4. The maximum atomic E-state index is 15.4. The fourth-order valence-corrected chi connectivity index (χ4v) is 4.77. The molecule has 206 valence electrons. The molecule has 0 aliphatic rings. The van der Waals surface area contributed by atoms with Gasteiger partial charge in [-0.3, -0.25) is 0 Å². The second-order valence-electron chi connectivity index (χ2n) is 8.40. The molecule has 0 aliphatic carbocycles. The summed E-state index contributed by atoms with van der Waals surface area (Å²) in [5.41, 5.74) is -4.89. The lowest BCUT2D eigenvalue weighted by Gasteiger charge is -2.21. The Balaban J connectivity index is 2.13. The van der Waals surface area contributed by atoms with Gasteiger partial charge in [-0.1, -0.05) is 24.3 Å². The third kappa shape index (κ3) is 3.58. The highest BCUT2D eigenvalue weighted by Gasteiger charge is 2.34. The first-order valence-electron chi connectivity index (χ1n) is 11.1. The van der Waals surface area contributed by atoms with Crippen molar-refractivity contribution in [2.24, 2.45) is 0 Å². The topological polar surface area (TPSA) is 18.5 Å². The molecule has 0 unspecified atom stereocenters. The van der Waals surface area contributed by atoms with Gasteiger partial charge in [-0.25, -0.2) is 26.3 Å². The van der Waals surface area contributed by atoms with Crippen LogP contribution in [0.15, 0.2) is 36.4 Å². The minimum Gasteiger partial charge on any atom is -0.491 e. The van der Waals surface area contributed by atoms with E-state index in [-0.39, 0.29) is 0 Å². The number of fused-ring (bicyclic) bond motifs is 2. The predicted octanol–water partition coefficient (Wildman–Crippen LogP) is 8.74. The molecule has 0 fully saturated rings. The van der Waals surface area contributed by atoms with E-state index in [1.54, 1.807) is 0 Å². The molecule has 40 heavy (non-hydrogen) atoms. The Morgan fingerprint density at radius 2 is 0.700 bits per heavy atom. The van der Waals surface area contributed by atoms with Crippen molar-refractivity contribution in [3.05, 3.63) is 94.6 Å². The van der Waals surface area contributed by atoms with Crippen LogP contribution in [0.1, 0.15) is 0 Å². The summed E-state index contributed by atoms with van der Waals surface area (Å²) < 4.78 is 160. The van der Waals surface area contributed by atoms with Crippen molar-refractivity contribution in [1.29, 1.82) is 0 Å². The SMILES string of the molecule is COc1c(F)c(F)c(-c2c3ccccc3c(-c3c(F)c(F)c(OC)c(F)c3F)c3c(F)ccc(F)c23)c(F)c1F. The Morgan fingerprint density at radius 3 is 0.975 bits per heavy atom. The zero-order valence-electron chi connectivity index (χ0n) is 20.1. The maximum absolute atomic E-state index is 15.4. The van der Waals surface area contributed by atoms with E-state index in [9.17, 15) is 17.6 Å². The van der Waals surface area contributed by atoms with Crippen LogP contribution in [0.4, 0.5) is 43.9 Å². The van der Waals surface area contributed by atoms with Crippen molar-refractivity contribution in [2.45, 2.75) is 0 Å². The molecular weight excluding hydrogens is 558 g/mol. The molecule has 2 nitrogen and oxygen atoms in total. The van der Waals surface area contributed by atoms with Crippen LogP contribution in [0, 0.1) is 58.2 Å². The first-order valence-corrected chi connectivity index (χ1v) is 11.1. The highest BCUT2D eigenvalue weighted by atomic mass is 19.2. The first kappa shape index (κ1) is 27.1. The monoisotopic (exact) mass is 570 g/mol. The summed E-state index contributed by atoms with van der Waals surface area (Å²) in [4.78, 5) is 0. The standard InChI is InChI=1S/C28H12F10O2/c1-39-27-23(35)19(31)17(20(32)24(27)36)13-9-5-3-4-6-10(9)14(16-12(30)8-7-11(29)15(13)16)18-21(33)25(37)28(40-2)26(38)22(18)34/h3-8H,1-2H3. The summed E-state index contributed by atoms with van der Waals surface area (Å²) in [6.07, 6.45) is 0. The maximum Gasteiger partial charge on any atom is 0.204 e. The zero-order valence-corrected chi connectivity index (χ0v) is 20.1. The van der Waals surface area contributed by atoms with Gasteiger partial charge >= 0.3 is 0 Å². The van der Waals surface area contributed by atoms with Crippen LogP contribution < -0.4 is 9.47 Å². The zero-order chi connectivity index (χ0) is 29.2.